The molecule has 0 saturated heterocycles. The number of amides is 1. The van der Waals surface area contributed by atoms with Gasteiger partial charge >= 0.3 is 5.97 Å². The molecule has 1 amide bonds. The topological polar surface area (TPSA) is 70.4 Å². The van der Waals surface area contributed by atoms with Gasteiger partial charge in [0.05, 0.1) is 18.7 Å². The number of hydrogen-bond donors (Lipinski definition) is 0. The largest absolute Gasteiger partial charge is 0.468 e. The zero-order chi connectivity index (χ0) is 14.4. The van der Waals surface area contributed by atoms with Gasteiger partial charge in [-0.3, -0.25) is 9.59 Å². The van der Waals surface area contributed by atoms with Gasteiger partial charge in [0.2, 0.25) is 0 Å². The van der Waals surface area contributed by atoms with Crippen molar-refractivity contribution in [3.8, 4) is 6.07 Å². The zero-order valence-electron chi connectivity index (χ0n) is 11.2. The van der Waals surface area contributed by atoms with E-state index in [1.54, 1.807) is 18.2 Å². The molecular formula is C14H16N2O3. The molecule has 0 aliphatic heterocycles. The van der Waals surface area contributed by atoms with E-state index in [0.717, 1.165) is 0 Å². The summed E-state index contributed by atoms with van der Waals surface area (Å²) in [5, 5.41) is 8.83. The van der Waals surface area contributed by atoms with Crippen molar-refractivity contribution in [1.82, 2.24) is 4.90 Å². The minimum Gasteiger partial charge on any atom is -0.468 e. The van der Waals surface area contributed by atoms with Gasteiger partial charge in [0.15, 0.2) is 0 Å². The monoisotopic (exact) mass is 260 g/mol. The number of nitriles is 1. The first-order valence-electron chi connectivity index (χ1n) is 5.87. The molecule has 5 nitrogen and oxygen atoms in total. The summed E-state index contributed by atoms with van der Waals surface area (Å²) in [4.78, 5) is 25.0. The van der Waals surface area contributed by atoms with E-state index in [1.165, 1.54) is 18.1 Å². The number of carbonyl (C=O) groups is 2. The second-order valence-electron chi connectivity index (χ2n) is 4.30. The number of methoxy groups -OCH3 is 1. The number of benzene rings is 1. The molecule has 0 spiro atoms. The molecule has 0 fully saturated rings. The van der Waals surface area contributed by atoms with E-state index in [-0.39, 0.29) is 18.5 Å². The van der Waals surface area contributed by atoms with E-state index in [9.17, 15) is 9.59 Å². The Hall–Kier alpha value is -2.35. The van der Waals surface area contributed by atoms with Gasteiger partial charge in [-0.15, -0.1) is 0 Å². The molecule has 1 rings (SSSR count). The van der Waals surface area contributed by atoms with E-state index in [0.29, 0.717) is 11.1 Å². The van der Waals surface area contributed by atoms with Crippen LogP contribution >= 0.6 is 0 Å². The van der Waals surface area contributed by atoms with E-state index < -0.39 is 5.97 Å². The van der Waals surface area contributed by atoms with E-state index >= 15 is 0 Å². The number of hydrogen-bond acceptors (Lipinski definition) is 4. The molecule has 19 heavy (non-hydrogen) atoms. The number of ether oxygens (including phenoxy) is 1. The summed E-state index contributed by atoms with van der Waals surface area (Å²) in [7, 11) is 1.28. The van der Waals surface area contributed by atoms with Gasteiger partial charge in [-0.1, -0.05) is 6.07 Å². The van der Waals surface area contributed by atoms with E-state index in [4.69, 9.17) is 5.26 Å². The molecule has 0 N–H and O–H groups in total. The second kappa shape index (κ2) is 6.55. The van der Waals surface area contributed by atoms with Crippen molar-refractivity contribution >= 4 is 11.9 Å². The maximum absolute atomic E-state index is 12.3. The van der Waals surface area contributed by atoms with Crippen LogP contribution in [0.25, 0.3) is 0 Å². The molecule has 1 aromatic rings. The normalized spacial score (nSPS) is 9.84. The van der Waals surface area contributed by atoms with Gasteiger partial charge in [0.1, 0.15) is 6.54 Å². The summed E-state index contributed by atoms with van der Waals surface area (Å²) in [5.74, 6) is -0.768. The number of nitrogens with zero attached hydrogens (tertiary/aromatic N) is 2. The second-order valence-corrected chi connectivity index (χ2v) is 4.30. The Morgan fingerprint density at radius 2 is 2.11 bits per heavy atom. The Morgan fingerprint density at radius 3 is 2.63 bits per heavy atom. The van der Waals surface area contributed by atoms with Crippen LogP contribution in [0.4, 0.5) is 0 Å². The van der Waals surface area contributed by atoms with Crippen molar-refractivity contribution in [2.75, 3.05) is 13.7 Å². The SMILES string of the molecule is COC(=O)CN(C(=O)c1cccc(C#N)c1)C(C)C. The van der Waals surface area contributed by atoms with Crippen LogP contribution < -0.4 is 0 Å². The molecule has 0 unspecified atom stereocenters. The molecule has 0 aliphatic rings. The van der Waals surface area contributed by atoms with Crippen LogP contribution in [0, 0.1) is 11.3 Å². The van der Waals surface area contributed by atoms with Crippen molar-refractivity contribution in [3.05, 3.63) is 35.4 Å². The molecule has 0 heterocycles. The fourth-order valence-corrected chi connectivity index (χ4v) is 1.58. The standard InChI is InChI=1S/C14H16N2O3/c1-10(2)16(9-13(17)19-3)14(18)12-6-4-5-11(7-12)8-15/h4-7,10H,9H2,1-3H3. The minimum atomic E-state index is -0.474. The first kappa shape index (κ1) is 14.7. The van der Waals surface area contributed by atoms with Crippen molar-refractivity contribution in [2.24, 2.45) is 0 Å². The zero-order valence-corrected chi connectivity index (χ0v) is 11.2. The molecule has 100 valence electrons. The fraction of sp³-hybridized carbons (Fsp3) is 0.357. The number of carbonyl (C=O) groups excluding carboxylic acids is 2. The van der Waals surface area contributed by atoms with Crippen molar-refractivity contribution < 1.29 is 14.3 Å². The molecule has 0 saturated carbocycles. The highest BCUT2D eigenvalue weighted by Crippen LogP contribution is 2.10. The predicted molar refractivity (Wildman–Crippen MR) is 69.3 cm³/mol. The van der Waals surface area contributed by atoms with Crippen LogP contribution in [-0.2, 0) is 9.53 Å². The quantitative estimate of drug-likeness (QED) is 0.771. The Bertz CT molecular complexity index is 518. The number of esters is 1. The van der Waals surface area contributed by atoms with Crippen LogP contribution in [0.3, 0.4) is 0 Å². The fourth-order valence-electron chi connectivity index (χ4n) is 1.58. The maximum Gasteiger partial charge on any atom is 0.325 e. The summed E-state index contributed by atoms with van der Waals surface area (Å²) in [6.07, 6.45) is 0. The average Bonchev–Trinajstić information content (AvgIpc) is 2.43. The van der Waals surface area contributed by atoms with Gasteiger partial charge in [0.25, 0.3) is 5.91 Å². The lowest BCUT2D eigenvalue weighted by molar-refractivity contribution is -0.141. The van der Waals surface area contributed by atoms with Crippen LogP contribution in [-0.4, -0.2) is 36.5 Å². The molecular weight excluding hydrogens is 244 g/mol. The van der Waals surface area contributed by atoms with Crippen LogP contribution in [0.2, 0.25) is 0 Å². The van der Waals surface area contributed by atoms with Gasteiger partial charge in [-0.2, -0.15) is 5.26 Å². The highest BCUT2D eigenvalue weighted by molar-refractivity contribution is 5.96. The number of rotatable bonds is 4. The van der Waals surface area contributed by atoms with Crippen LogP contribution in [0.1, 0.15) is 29.8 Å². The van der Waals surface area contributed by atoms with Gasteiger partial charge in [-0.25, -0.2) is 0 Å². The maximum atomic E-state index is 12.3. The Labute approximate surface area is 112 Å². The third kappa shape index (κ3) is 3.81. The Balaban J connectivity index is 2.99. The smallest absolute Gasteiger partial charge is 0.325 e. The van der Waals surface area contributed by atoms with Gasteiger partial charge in [-0.05, 0) is 32.0 Å². The molecule has 5 heteroatoms. The summed E-state index contributed by atoms with van der Waals surface area (Å²) < 4.78 is 4.58. The van der Waals surface area contributed by atoms with Crippen LogP contribution in [0.5, 0.6) is 0 Å². The highest BCUT2D eigenvalue weighted by Gasteiger charge is 2.22. The molecule has 0 atom stereocenters. The van der Waals surface area contributed by atoms with Gasteiger partial charge in [0, 0.05) is 11.6 Å². The van der Waals surface area contributed by atoms with E-state index in [2.05, 4.69) is 4.74 Å². The Morgan fingerprint density at radius 1 is 1.42 bits per heavy atom. The van der Waals surface area contributed by atoms with Crippen LogP contribution in [0.15, 0.2) is 24.3 Å². The minimum absolute atomic E-state index is 0.107. The lowest BCUT2D eigenvalue weighted by Gasteiger charge is -2.25. The van der Waals surface area contributed by atoms with Crippen molar-refractivity contribution in [1.29, 1.82) is 5.26 Å². The van der Waals surface area contributed by atoms with Crippen molar-refractivity contribution in [3.63, 3.8) is 0 Å². The molecule has 1 aromatic carbocycles. The summed E-state index contributed by atoms with van der Waals surface area (Å²) in [5.41, 5.74) is 0.796. The molecule has 0 aromatic heterocycles. The van der Waals surface area contributed by atoms with E-state index in [1.807, 2.05) is 19.9 Å². The third-order valence-electron chi connectivity index (χ3n) is 2.65. The average molecular weight is 260 g/mol. The third-order valence-corrected chi connectivity index (χ3v) is 2.65. The predicted octanol–water partition coefficient (Wildman–Crippen LogP) is 1.58. The lowest BCUT2D eigenvalue weighted by Crippen LogP contribution is -2.41. The first-order chi connectivity index (χ1) is 8.99. The lowest BCUT2D eigenvalue weighted by atomic mass is 10.1. The highest BCUT2D eigenvalue weighted by atomic mass is 16.5. The molecule has 0 radical (unpaired) electrons. The summed E-state index contributed by atoms with van der Waals surface area (Å²) >= 11 is 0. The summed E-state index contributed by atoms with van der Waals surface area (Å²) in [6, 6.07) is 8.23. The molecule has 0 aliphatic carbocycles. The molecule has 0 bridgehead atoms. The first-order valence-corrected chi connectivity index (χ1v) is 5.87. The van der Waals surface area contributed by atoms with Gasteiger partial charge < -0.3 is 9.64 Å². The Kier molecular flexibility index (Phi) is 5.07. The summed E-state index contributed by atoms with van der Waals surface area (Å²) in [6.45, 7) is 3.52. The van der Waals surface area contributed by atoms with Crippen molar-refractivity contribution in [2.45, 2.75) is 19.9 Å².